The molecule has 0 radical (unpaired) electrons. The van der Waals surface area contributed by atoms with E-state index in [9.17, 15) is 14.0 Å². The number of halogens is 2. The number of amides is 2. The molecule has 0 aromatic heterocycles. The van der Waals surface area contributed by atoms with Crippen molar-refractivity contribution in [3.05, 3.63) is 88.7 Å². The third-order valence-electron chi connectivity index (χ3n) is 5.55. The van der Waals surface area contributed by atoms with Crippen molar-refractivity contribution in [2.24, 2.45) is 11.0 Å². The van der Waals surface area contributed by atoms with Gasteiger partial charge in [-0.2, -0.15) is 5.10 Å². The first-order valence-corrected chi connectivity index (χ1v) is 11.3. The predicted molar refractivity (Wildman–Crippen MR) is 131 cm³/mol. The number of benzene rings is 3. The maximum Gasteiger partial charge on any atom is 0.245 e. The minimum Gasteiger partial charge on any atom is -0.493 e. The van der Waals surface area contributed by atoms with Crippen LogP contribution in [0.25, 0.3) is 0 Å². The molecule has 1 atom stereocenters. The van der Waals surface area contributed by atoms with Crippen molar-refractivity contribution < 1.29 is 23.5 Å². The first kappa shape index (κ1) is 24.2. The average Bonchev–Trinajstić information content (AvgIpc) is 3.26. The molecule has 35 heavy (non-hydrogen) atoms. The molecule has 0 unspecified atom stereocenters. The van der Waals surface area contributed by atoms with Crippen LogP contribution < -0.4 is 19.8 Å². The number of carbonyl (C=O) groups is 2. The van der Waals surface area contributed by atoms with Crippen molar-refractivity contribution in [2.45, 2.75) is 13.0 Å². The fourth-order valence-corrected chi connectivity index (χ4v) is 3.86. The number of rotatable bonds is 8. The molecule has 0 spiro atoms. The van der Waals surface area contributed by atoms with Crippen LogP contribution in [0.4, 0.5) is 10.1 Å². The summed E-state index contributed by atoms with van der Waals surface area (Å²) in [7, 11) is 1.53. The van der Waals surface area contributed by atoms with Crippen molar-refractivity contribution in [3.63, 3.8) is 0 Å². The van der Waals surface area contributed by atoms with Crippen LogP contribution in [0.5, 0.6) is 11.5 Å². The Hall–Kier alpha value is -3.91. The van der Waals surface area contributed by atoms with Gasteiger partial charge in [0.15, 0.2) is 11.5 Å². The highest BCUT2D eigenvalue weighted by atomic mass is 35.5. The van der Waals surface area contributed by atoms with Crippen molar-refractivity contribution in [2.75, 3.05) is 18.6 Å². The number of nitrogens with one attached hydrogen (secondary N) is 1. The molecule has 0 bridgehead atoms. The van der Waals surface area contributed by atoms with Crippen LogP contribution in [0.15, 0.2) is 71.8 Å². The summed E-state index contributed by atoms with van der Waals surface area (Å²) in [5.74, 6) is -0.466. The fourth-order valence-electron chi connectivity index (χ4n) is 3.67. The summed E-state index contributed by atoms with van der Waals surface area (Å²) in [4.78, 5) is 26.3. The van der Waals surface area contributed by atoms with Crippen LogP contribution in [0.3, 0.4) is 0 Å². The normalized spacial score (nSPS) is 15.5. The van der Waals surface area contributed by atoms with E-state index in [-0.39, 0.29) is 37.2 Å². The lowest BCUT2D eigenvalue weighted by Gasteiger charge is -2.16. The molecule has 1 saturated heterocycles. The molecule has 1 aliphatic heterocycles. The topological polar surface area (TPSA) is 80.2 Å². The molecule has 1 fully saturated rings. The molecule has 0 saturated carbocycles. The molecule has 3 aromatic carbocycles. The predicted octanol–water partition coefficient (Wildman–Crippen LogP) is 4.57. The van der Waals surface area contributed by atoms with Gasteiger partial charge in [0.1, 0.15) is 12.4 Å². The number of carbonyl (C=O) groups excluding carboxylic acids is 2. The second kappa shape index (κ2) is 11.0. The van der Waals surface area contributed by atoms with Crippen LogP contribution in [-0.2, 0) is 16.2 Å². The van der Waals surface area contributed by atoms with Crippen LogP contribution in [0, 0.1) is 11.7 Å². The van der Waals surface area contributed by atoms with E-state index >= 15 is 0 Å². The van der Waals surface area contributed by atoms with Crippen LogP contribution >= 0.6 is 11.6 Å². The van der Waals surface area contributed by atoms with E-state index in [4.69, 9.17) is 21.1 Å². The fraction of sp³-hybridized carbons (Fsp3) is 0.192. The quantitative estimate of drug-likeness (QED) is 0.367. The zero-order valence-corrected chi connectivity index (χ0v) is 19.7. The Morgan fingerprint density at radius 2 is 1.94 bits per heavy atom. The lowest BCUT2D eigenvalue weighted by atomic mass is 10.1. The monoisotopic (exact) mass is 495 g/mol. The van der Waals surface area contributed by atoms with Crippen molar-refractivity contribution in [1.82, 2.24) is 5.43 Å². The van der Waals surface area contributed by atoms with Crippen molar-refractivity contribution >= 4 is 35.3 Å². The molecular weight excluding hydrogens is 473 g/mol. The van der Waals surface area contributed by atoms with Gasteiger partial charge < -0.3 is 14.4 Å². The highest BCUT2D eigenvalue weighted by molar-refractivity contribution is 6.31. The highest BCUT2D eigenvalue weighted by Crippen LogP contribution is 2.29. The minimum absolute atomic E-state index is 0.0595. The number of hydrazone groups is 1. The number of ether oxygens (including phenoxy) is 2. The summed E-state index contributed by atoms with van der Waals surface area (Å²) in [6.45, 7) is 0.492. The van der Waals surface area contributed by atoms with E-state index in [1.807, 2.05) is 18.2 Å². The van der Waals surface area contributed by atoms with E-state index in [0.29, 0.717) is 27.8 Å². The molecule has 7 nitrogen and oxygen atoms in total. The number of nitrogens with zero attached hydrogens (tertiary/aromatic N) is 2. The number of methoxy groups -OCH3 is 1. The highest BCUT2D eigenvalue weighted by Gasteiger charge is 2.35. The Morgan fingerprint density at radius 3 is 2.69 bits per heavy atom. The summed E-state index contributed by atoms with van der Waals surface area (Å²) in [6, 6.07) is 18.3. The van der Waals surface area contributed by atoms with Crippen molar-refractivity contribution in [3.8, 4) is 11.5 Å². The van der Waals surface area contributed by atoms with Gasteiger partial charge in [-0.25, -0.2) is 9.82 Å². The van der Waals surface area contributed by atoms with Gasteiger partial charge in [-0.15, -0.1) is 0 Å². The van der Waals surface area contributed by atoms with E-state index in [0.717, 1.165) is 5.56 Å². The average molecular weight is 496 g/mol. The number of hydrogen-bond donors (Lipinski definition) is 1. The summed E-state index contributed by atoms with van der Waals surface area (Å²) in [6.07, 6.45) is 1.54. The molecule has 2 amide bonds. The lowest BCUT2D eigenvalue weighted by Crippen LogP contribution is -2.30. The third kappa shape index (κ3) is 5.96. The molecule has 1 aliphatic rings. The zero-order chi connectivity index (χ0) is 24.8. The first-order valence-electron chi connectivity index (χ1n) is 10.9. The van der Waals surface area contributed by atoms with E-state index in [1.54, 1.807) is 24.3 Å². The van der Waals surface area contributed by atoms with Gasteiger partial charge in [0.25, 0.3) is 0 Å². The molecule has 1 N–H and O–H groups in total. The Kier molecular flexibility index (Phi) is 7.62. The van der Waals surface area contributed by atoms with Crippen molar-refractivity contribution in [1.29, 1.82) is 0 Å². The number of anilines is 1. The molecule has 1 heterocycles. The smallest absolute Gasteiger partial charge is 0.245 e. The van der Waals surface area contributed by atoms with Crippen LogP contribution in [-0.4, -0.2) is 31.7 Å². The Labute approximate surface area is 207 Å². The Bertz CT molecular complexity index is 1250. The molecule has 180 valence electrons. The van der Waals surface area contributed by atoms with Gasteiger partial charge in [0, 0.05) is 29.2 Å². The Balaban J connectivity index is 1.34. The number of hydrogen-bond acceptors (Lipinski definition) is 5. The van der Waals surface area contributed by atoms with Gasteiger partial charge in [0.05, 0.1) is 19.2 Å². The largest absolute Gasteiger partial charge is 0.493 e. The summed E-state index contributed by atoms with van der Waals surface area (Å²) >= 11 is 6.17. The van der Waals surface area contributed by atoms with Gasteiger partial charge in [-0.1, -0.05) is 29.8 Å². The molecule has 3 aromatic rings. The van der Waals surface area contributed by atoms with E-state index in [2.05, 4.69) is 10.5 Å². The molecule has 4 rings (SSSR count). The first-order chi connectivity index (χ1) is 16.9. The van der Waals surface area contributed by atoms with E-state index in [1.165, 1.54) is 42.5 Å². The molecular formula is C26H23ClFN3O4. The summed E-state index contributed by atoms with van der Waals surface area (Å²) in [5, 5.41) is 4.63. The third-order valence-corrected chi connectivity index (χ3v) is 5.92. The maximum absolute atomic E-state index is 13.1. The van der Waals surface area contributed by atoms with Crippen LogP contribution in [0.2, 0.25) is 5.02 Å². The SMILES string of the molecule is COc1cc(/C=N\NC(=O)[C@@H]2CC(=O)N(c3ccc(F)cc3)C2)ccc1OCc1ccccc1Cl. The molecule has 0 aliphatic carbocycles. The zero-order valence-electron chi connectivity index (χ0n) is 18.9. The minimum atomic E-state index is -0.556. The van der Waals surface area contributed by atoms with Gasteiger partial charge >= 0.3 is 0 Å². The molecule has 9 heteroatoms. The second-order valence-corrected chi connectivity index (χ2v) is 8.31. The maximum atomic E-state index is 13.1. The van der Waals surface area contributed by atoms with E-state index < -0.39 is 5.92 Å². The Morgan fingerprint density at radius 1 is 1.17 bits per heavy atom. The van der Waals surface area contributed by atoms with Gasteiger partial charge in [-0.3, -0.25) is 9.59 Å². The second-order valence-electron chi connectivity index (χ2n) is 7.91. The lowest BCUT2D eigenvalue weighted by molar-refractivity contribution is -0.126. The van der Waals surface area contributed by atoms with Crippen LogP contribution in [0.1, 0.15) is 17.5 Å². The van der Waals surface area contributed by atoms with Gasteiger partial charge in [0.2, 0.25) is 11.8 Å². The summed E-state index contributed by atoms with van der Waals surface area (Å²) in [5.41, 5.74) is 4.58. The standard InChI is InChI=1S/C26H23ClFN3O4/c1-34-24-12-17(6-11-23(24)35-16-18-4-2-3-5-22(18)27)14-29-30-26(33)19-13-25(32)31(15-19)21-9-7-20(28)8-10-21/h2-12,14,19H,13,15-16H2,1H3,(H,30,33)/b29-14-/t19-/m1/s1. The van der Waals surface area contributed by atoms with Gasteiger partial charge in [-0.05, 0) is 54.1 Å². The summed E-state index contributed by atoms with van der Waals surface area (Å²) < 4.78 is 24.4.